The number of hydrogen-bond donors (Lipinski definition) is 0. The molecule has 1 aromatic rings. The zero-order valence-electron chi connectivity index (χ0n) is 10.9. The van der Waals surface area contributed by atoms with Gasteiger partial charge < -0.3 is 0 Å². The first-order valence-corrected chi connectivity index (χ1v) is 8.90. The van der Waals surface area contributed by atoms with Crippen molar-refractivity contribution in [2.45, 2.75) is 29.8 Å². The molecule has 0 aliphatic rings. The second kappa shape index (κ2) is 5.52. The zero-order valence-corrected chi connectivity index (χ0v) is 12.5. The summed E-state index contributed by atoms with van der Waals surface area (Å²) in [7, 11) is -8.68. The molecule has 21 heavy (non-hydrogen) atoms. The van der Waals surface area contributed by atoms with Gasteiger partial charge in [-0.05, 0) is 6.07 Å². The molecular weight excluding hydrogens is 338 g/mol. The maximum Gasteiger partial charge on any atom is 0.434 e. The largest absolute Gasteiger partial charge is 0.434 e. The number of aromatic nitrogens is 1. The molecule has 0 aromatic carbocycles. The topological polar surface area (TPSA) is 81.2 Å². The van der Waals surface area contributed by atoms with Crippen molar-refractivity contribution in [3.8, 4) is 0 Å². The smallest absolute Gasteiger partial charge is 0.224 e. The first kappa shape index (κ1) is 17.8. The molecule has 0 aliphatic heterocycles. The quantitative estimate of drug-likeness (QED) is 0.612. The highest BCUT2D eigenvalue weighted by molar-refractivity contribution is 7.92. The summed E-state index contributed by atoms with van der Waals surface area (Å²) in [6.07, 6.45) is -5.23. The summed E-state index contributed by atoms with van der Waals surface area (Å²) in [6.45, 7) is 2.22. The van der Waals surface area contributed by atoms with Gasteiger partial charge in [0.2, 0.25) is 5.95 Å². The van der Waals surface area contributed by atoms with E-state index in [1.165, 1.54) is 0 Å². The van der Waals surface area contributed by atoms with Crippen LogP contribution in [0.1, 0.15) is 19.5 Å². The monoisotopic (exact) mass is 349 g/mol. The van der Waals surface area contributed by atoms with E-state index in [1.54, 1.807) is 0 Å². The Morgan fingerprint density at radius 2 is 1.43 bits per heavy atom. The molecule has 1 aromatic heterocycles. The molecule has 0 saturated heterocycles. The molecule has 0 unspecified atom stereocenters. The molecule has 1 rings (SSSR count). The summed E-state index contributed by atoms with van der Waals surface area (Å²) in [5.74, 6) is -3.20. The van der Waals surface area contributed by atoms with Crippen LogP contribution in [0.15, 0.2) is 15.9 Å². The van der Waals surface area contributed by atoms with Gasteiger partial charge in [0.05, 0.1) is 16.4 Å². The highest BCUT2D eigenvalue weighted by Crippen LogP contribution is 2.35. The molecule has 0 radical (unpaired) electrons. The van der Waals surface area contributed by atoms with E-state index in [-0.39, 0.29) is 6.07 Å². The standard InChI is InChI=1S/C10H11F4NO4S2/c1-3-20(16,17)6-5-7(21(18,19)4-2)9(11)15-8(6)10(12,13)14/h5H,3-4H2,1-2H3. The van der Waals surface area contributed by atoms with Crippen molar-refractivity contribution in [2.75, 3.05) is 11.5 Å². The Labute approximate surface area is 118 Å². The number of halogens is 4. The van der Waals surface area contributed by atoms with Gasteiger partial charge >= 0.3 is 6.18 Å². The Morgan fingerprint density at radius 3 is 1.81 bits per heavy atom. The van der Waals surface area contributed by atoms with Gasteiger partial charge in [-0.15, -0.1) is 0 Å². The second-order valence-electron chi connectivity index (χ2n) is 3.93. The summed E-state index contributed by atoms with van der Waals surface area (Å²) < 4.78 is 98.4. The number of pyridine rings is 1. The van der Waals surface area contributed by atoms with Crippen molar-refractivity contribution < 1.29 is 34.4 Å². The molecule has 0 spiro atoms. The van der Waals surface area contributed by atoms with Gasteiger partial charge in [-0.3, -0.25) is 0 Å². The van der Waals surface area contributed by atoms with Crippen LogP contribution >= 0.6 is 0 Å². The summed E-state index contributed by atoms with van der Waals surface area (Å²) >= 11 is 0. The lowest BCUT2D eigenvalue weighted by Gasteiger charge is -2.13. The number of hydrogen-bond acceptors (Lipinski definition) is 5. The molecule has 11 heteroatoms. The Hall–Kier alpha value is -1.23. The summed E-state index contributed by atoms with van der Waals surface area (Å²) in [5.41, 5.74) is -1.96. The SMILES string of the molecule is CCS(=O)(=O)c1cc(S(=O)(=O)CC)c(C(F)(F)F)nc1F. The van der Waals surface area contributed by atoms with E-state index < -0.39 is 58.8 Å². The molecule has 120 valence electrons. The van der Waals surface area contributed by atoms with Gasteiger partial charge in [0, 0.05) is 0 Å². The predicted molar refractivity (Wildman–Crippen MR) is 64.7 cm³/mol. The van der Waals surface area contributed by atoms with Crippen molar-refractivity contribution in [1.82, 2.24) is 4.98 Å². The Bertz CT molecular complexity index is 754. The third-order valence-corrected chi connectivity index (χ3v) is 6.07. The first-order chi connectivity index (χ1) is 9.36. The molecule has 5 nitrogen and oxygen atoms in total. The summed E-state index contributed by atoms with van der Waals surface area (Å²) in [4.78, 5) is 0.0191. The minimum Gasteiger partial charge on any atom is -0.224 e. The van der Waals surface area contributed by atoms with Crippen LogP contribution in [0, 0.1) is 5.95 Å². The molecule has 0 N–H and O–H groups in total. The molecular formula is C10H11F4NO4S2. The van der Waals surface area contributed by atoms with Gasteiger partial charge in [0.15, 0.2) is 25.4 Å². The van der Waals surface area contributed by atoms with E-state index in [9.17, 15) is 34.4 Å². The Balaban J connectivity index is 3.87. The number of alkyl halides is 3. The van der Waals surface area contributed by atoms with Crippen LogP contribution in [0.5, 0.6) is 0 Å². The van der Waals surface area contributed by atoms with E-state index >= 15 is 0 Å². The Morgan fingerprint density at radius 1 is 1.00 bits per heavy atom. The van der Waals surface area contributed by atoms with Crippen LogP contribution in [0.4, 0.5) is 17.6 Å². The zero-order chi connectivity index (χ0) is 16.6. The van der Waals surface area contributed by atoms with Gasteiger partial charge in [0.25, 0.3) is 0 Å². The molecule has 0 fully saturated rings. The first-order valence-electron chi connectivity index (χ1n) is 5.60. The lowest BCUT2D eigenvalue weighted by Crippen LogP contribution is -2.20. The lowest BCUT2D eigenvalue weighted by molar-refractivity contribution is -0.144. The number of sulfone groups is 2. The van der Waals surface area contributed by atoms with Gasteiger partial charge in [-0.1, -0.05) is 13.8 Å². The molecule has 1 heterocycles. The van der Waals surface area contributed by atoms with Crippen molar-refractivity contribution in [3.05, 3.63) is 17.7 Å². The van der Waals surface area contributed by atoms with Crippen LogP contribution in [-0.2, 0) is 25.9 Å². The summed E-state index contributed by atoms with van der Waals surface area (Å²) in [5, 5.41) is 0. The van der Waals surface area contributed by atoms with Crippen molar-refractivity contribution in [2.24, 2.45) is 0 Å². The number of nitrogens with zero attached hydrogens (tertiary/aromatic N) is 1. The Kier molecular flexibility index (Phi) is 4.68. The van der Waals surface area contributed by atoms with Crippen LogP contribution in [0.3, 0.4) is 0 Å². The average Bonchev–Trinajstić information content (AvgIpc) is 2.36. The lowest BCUT2D eigenvalue weighted by atomic mass is 10.3. The molecule has 0 amide bonds. The third-order valence-electron chi connectivity index (χ3n) is 2.61. The van der Waals surface area contributed by atoms with E-state index in [4.69, 9.17) is 0 Å². The highest BCUT2D eigenvalue weighted by Gasteiger charge is 2.41. The minimum atomic E-state index is -5.23. The van der Waals surface area contributed by atoms with E-state index in [1.807, 2.05) is 0 Å². The van der Waals surface area contributed by atoms with Gasteiger partial charge in [0.1, 0.15) is 4.90 Å². The van der Waals surface area contributed by atoms with Crippen molar-refractivity contribution >= 4 is 19.7 Å². The van der Waals surface area contributed by atoms with Crippen LogP contribution in [-0.4, -0.2) is 33.3 Å². The fourth-order valence-corrected chi connectivity index (χ4v) is 3.47. The van der Waals surface area contributed by atoms with E-state index in [0.29, 0.717) is 0 Å². The van der Waals surface area contributed by atoms with Crippen LogP contribution < -0.4 is 0 Å². The van der Waals surface area contributed by atoms with Crippen molar-refractivity contribution in [3.63, 3.8) is 0 Å². The van der Waals surface area contributed by atoms with Crippen molar-refractivity contribution in [1.29, 1.82) is 0 Å². The third kappa shape index (κ3) is 3.51. The molecule has 0 bridgehead atoms. The van der Waals surface area contributed by atoms with Crippen LogP contribution in [0.2, 0.25) is 0 Å². The average molecular weight is 349 g/mol. The number of rotatable bonds is 4. The fraction of sp³-hybridized carbons (Fsp3) is 0.500. The molecule has 0 saturated carbocycles. The normalized spacial score (nSPS) is 13.4. The maximum absolute atomic E-state index is 13.6. The van der Waals surface area contributed by atoms with Gasteiger partial charge in [-0.2, -0.15) is 17.6 Å². The summed E-state index contributed by atoms with van der Waals surface area (Å²) in [6, 6.07) is 0.183. The molecule has 0 atom stereocenters. The van der Waals surface area contributed by atoms with Crippen LogP contribution in [0.25, 0.3) is 0 Å². The minimum absolute atomic E-state index is 0.183. The predicted octanol–water partition coefficient (Wildman–Crippen LogP) is 1.83. The highest BCUT2D eigenvalue weighted by atomic mass is 32.2. The van der Waals surface area contributed by atoms with Gasteiger partial charge in [-0.25, -0.2) is 21.8 Å². The maximum atomic E-state index is 13.6. The fourth-order valence-electron chi connectivity index (χ4n) is 1.42. The molecule has 0 aliphatic carbocycles. The second-order valence-corrected chi connectivity index (χ2v) is 8.42. The van der Waals surface area contributed by atoms with E-state index in [0.717, 1.165) is 13.8 Å². The van der Waals surface area contributed by atoms with E-state index in [2.05, 4.69) is 4.98 Å².